The van der Waals surface area contributed by atoms with Crippen LogP contribution >= 0.6 is 35.0 Å². The Balaban J connectivity index is 1.73. The van der Waals surface area contributed by atoms with Crippen LogP contribution in [0.1, 0.15) is 32.1 Å². The highest BCUT2D eigenvalue weighted by atomic mass is 35.5. The lowest BCUT2D eigenvalue weighted by atomic mass is 9.89. The number of hydrogen-bond donors (Lipinski definition) is 0. The average Bonchev–Trinajstić information content (AvgIpc) is 2.92. The lowest BCUT2D eigenvalue weighted by molar-refractivity contribution is 0.286. The Morgan fingerprint density at radius 3 is 2.81 bits per heavy atom. The van der Waals surface area contributed by atoms with E-state index in [9.17, 15) is 0 Å². The van der Waals surface area contributed by atoms with Gasteiger partial charge in [-0.05, 0) is 30.9 Å². The molecule has 0 radical (unpaired) electrons. The van der Waals surface area contributed by atoms with Crippen LogP contribution in [0.15, 0.2) is 23.2 Å². The van der Waals surface area contributed by atoms with Gasteiger partial charge >= 0.3 is 0 Å². The molecule has 0 bridgehead atoms. The second-order valence-electron chi connectivity index (χ2n) is 5.77. The Morgan fingerprint density at radius 2 is 2.00 bits per heavy atom. The molecule has 0 amide bonds. The number of thioether (sulfide) groups is 1. The summed E-state index contributed by atoms with van der Waals surface area (Å²) in [7, 11) is 0. The summed E-state index contributed by atoms with van der Waals surface area (Å²) in [5, 5.41) is 2.22. The van der Waals surface area contributed by atoms with Crippen molar-refractivity contribution in [3.63, 3.8) is 0 Å². The van der Waals surface area contributed by atoms with Crippen molar-refractivity contribution < 1.29 is 0 Å². The Bertz CT molecular complexity index is 527. The van der Waals surface area contributed by atoms with Crippen molar-refractivity contribution in [1.82, 2.24) is 4.90 Å². The molecule has 1 heterocycles. The molecule has 5 heteroatoms. The summed E-state index contributed by atoms with van der Waals surface area (Å²) in [6.07, 6.45) is 6.92. The average molecular weight is 343 g/mol. The van der Waals surface area contributed by atoms with E-state index in [2.05, 4.69) is 4.90 Å². The van der Waals surface area contributed by atoms with Crippen LogP contribution in [0, 0.1) is 5.92 Å². The second-order valence-corrected chi connectivity index (χ2v) is 7.61. The van der Waals surface area contributed by atoms with Gasteiger partial charge in [-0.15, -0.1) is 0 Å². The number of benzene rings is 1. The van der Waals surface area contributed by atoms with Gasteiger partial charge in [0.15, 0.2) is 5.17 Å². The van der Waals surface area contributed by atoms with Crippen molar-refractivity contribution in [1.29, 1.82) is 0 Å². The highest BCUT2D eigenvalue weighted by molar-refractivity contribution is 8.14. The monoisotopic (exact) mass is 342 g/mol. The van der Waals surface area contributed by atoms with Gasteiger partial charge in [-0.3, -0.25) is 0 Å². The van der Waals surface area contributed by atoms with E-state index < -0.39 is 0 Å². The molecule has 114 valence electrons. The smallest absolute Gasteiger partial charge is 0.164 e. The summed E-state index contributed by atoms with van der Waals surface area (Å²) in [5.74, 6) is 1.95. The number of aliphatic imine (C=N–C) groups is 1. The first-order chi connectivity index (χ1) is 10.2. The quantitative estimate of drug-likeness (QED) is 0.709. The maximum Gasteiger partial charge on any atom is 0.164 e. The van der Waals surface area contributed by atoms with Crippen LogP contribution in [0.3, 0.4) is 0 Å². The van der Waals surface area contributed by atoms with Crippen molar-refractivity contribution in [2.24, 2.45) is 10.9 Å². The lowest BCUT2D eigenvalue weighted by Gasteiger charge is -2.27. The van der Waals surface area contributed by atoms with Gasteiger partial charge < -0.3 is 4.90 Å². The largest absolute Gasteiger partial charge is 0.350 e. The van der Waals surface area contributed by atoms with Gasteiger partial charge in [-0.2, -0.15) is 0 Å². The van der Waals surface area contributed by atoms with Crippen molar-refractivity contribution >= 4 is 45.8 Å². The molecule has 1 aliphatic heterocycles. The van der Waals surface area contributed by atoms with Crippen LogP contribution in [0.25, 0.3) is 0 Å². The van der Waals surface area contributed by atoms with Crippen molar-refractivity contribution in [2.75, 3.05) is 18.8 Å². The topological polar surface area (TPSA) is 15.6 Å². The Hall–Kier alpha value is -0.380. The molecule has 1 aromatic carbocycles. The van der Waals surface area contributed by atoms with Gasteiger partial charge in [0.1, 0.15) is 0 Å². The van der Waals surface area contributed by atoms with E-state index in [0.717, 1.165) is 35.6 Å². The fourth-order valence-corrected chi connectivity index (χ4v) is 4.41. The zero-order valence-corrected chi connectivity index (χ0v) is 14.4. The molecule has 3 rings (SSSR count). The minimum atomic E-state index is 0.553. The highest BCUT2D eigenvalue weighted by Gasteiger charge is 2.24. The number of amidine groups is 1. The zero-order valence-electron chi connectivity index (χ0n) is 12.0. The third-order valence-corrected chi connectivity index (χ3v) is 6.02. The molecule has 1 aromatic rings. The predicted molar refractivity (Wildman–Crippen MR) is 94.2 cm³/mol. The summed E-state index contributed by atoms with van der Waals surface area (Å²) in [6, 6.07) is 5.63. The van der Waals surface area contributed by atoms with E-state index in [1.54, 1.807) is 6.07 Å². The normalized spacial score (nSPS) is 22.2. The van der Waals surface area contributed by atoms with Crippen molar-refractivity contribution in [3.8, 4) is 0 Å². The third kappa shape index (κ3) is 3.88. The summed E-state index contributed by atoms with van der Waals surface area (Å²) in [4.78, 5) is 7.18. The molecule has 1 saturated heterocycles. The fraction of sp³-hybridized carbons (Fsp3) is 0.562. The number of hydrogen-bond acceptors (Lipinski definition) is 2. The molecular weight excluding hydrogens is 323 g/mol. The van der Waals surface area contributed by atoms with Crippen molar-refractivity contribution in [2.45, 2.75) is 32.1 Å². The fourth-order valence-electron chi connectivity index (χ4n) is 3.07. The first-order valence-electron chi connectivity index (χ1n) is 7.64. The minimum Gasteiger partial charge on any atom is -0.350 e. The van der Waals surface area contributed by atoms with Crippen LogP contribution < -0.4 is 0 Å². The lowest BCUT2D eigenvalue weighted by Crippen LogP contribution is -2.31. The molecule has 2 fully saturated rings. The summed E-state index contributed by atoms with van der Waals surface area (Å²) >= 11 is 14.1. The molecule has 0 unspecified atom stereocenters. The van der Waals surface area contributed by atoms with E-state index in [1.807, 2.05) is 23.9 Å². The van der Waals surface area contributed by atoms with Gasteiger partial charge in [0.2, 0.25) is 0 Å². The van der Waals surface area contributed by atoms with E-state index in [1.165, 1.54) is 32.1 Å². The van der Waals surface area contributed by atoms with E-state index in [-0.39, 0.29) is 0 Å². The Labute approximate surface area is 140 Å². The maximum absolute atomic E-state index is 6.24. The molecule has 1 saturated carbocycles. The molecule has 2 nitrogen and oxygen atoms in total. The molecular formula is C16H20Cl2N2S. The van der Waals surface area contributed by atoms with E-state index in [0.29, 0.717) is 10.0 Å². The number of halogens is 2. The second kappa shape index (κ2) is 7.26. The third-order valence-electron chi connectivity index (χ3n) is 4.21. The molecule has 0 atom stereocenters. The van der Waals surface area contributed by atoms with Gasteiger partial charge in [-0.1, -0.05) is 60.3 Å². The number of rotatable bonds is 3. The van der Waals surface area contributed by atoms with Gasteiger partial charge in [-0.25, -0.2) is 4.99 Å². The predicted octanol–water partition coefficient (Wildman–Crippen LogP) is 5.61. The molecule has 0 N–H and O–H groups in total. The van der Waals surface area contributed by atoms with Gasteiger partial charge in [0.05, 0.1) is 15.7 Å². The Kier molecular flexibility index (Phi) is 5.36. The summed E-state index contributed by atoms with van der Waals surface area (Å²) in [5.41, 5.74) is 0.780. The number of nitrogens with zero attached hydrogens (tertiary/aromatic N) is 2. The molecule has 0 aromatic heterocycles. The van der Waals surface area contributed by atoms with Crippen LogP contribution in [-0.4, -0.2) is 28.9 Å². The SMILES string of the molecule is Clc1cccc(/N=C2\SCCN2CC2CCCCC2)c1Cl. The first-order valence-corrected chi connectivity index (χ1v) is 9.38. The van der Waals surface area contributed by atoms with Gasteiger partial charge in [0.25, 0.3) is 0 Å². The van der Waals surface area contributed by atoms with Crippen LogP contribution in [0.4, 0.5) is 5.69 Å². The Morgan fingerprint density at radius 1 is 1.19 bits per heavy atom. The van der Waals surface area contributed by atoms with Crippen LogP contribution in [0.5, 0.6) is 0 Å². The van der Waals surface area contributed by atoms with E-state index >= 15 is 0 Å². The molecule has 2 aliphatic rings. The highest BCUT2D eigenvalue weighted by Crippen LogP contribution is 2.34. The molecule has 1 aliphatic carbocycles. The standard InChI is InChI=1S/C16H20Cl2N2S/c17-13-7-4-8-14(15(13)18)19-16-20(9-10-21-16)11-12-5-2-1-3-6-12/h4,7-8,12H,1-3,5-6,9-11H2/b19-16-. The molecule has 21 heavy (non-hydrogen) atoms. The van der Waals surface area contributed by atoms with Crippen molar-refractivity contribution in [3.05, 3.63) is 28.2 Å². The summed E-state index contributed by atoms with van der Waals surface area (Å²) in [6.45, 7) is 2.24. The zero-order chi connectivity index (χ0) is 14.7. The van der Waals surface area contributed by atoms with Crippen LogP contribution in [0.2, 0.25) is 10.0 Å². The maximum atomic E-state index is 6.24. The van der Waals surface area contributed by atoms with E-state index in [4.69, 9.17) is 28.2 Å². The minimum absolute atomic E-state index is 0.553. The summed E-state index contributed by atoms with van der Waals surface area (Å²) < 4.78 is 0. The first kappa shape index (κ1) is 15.5. The van der Waals surface area contributed by atoms with Crippen LogP contribution in [-0.2, 0) is 0 Å². The molecule has 0 spiro atoms. The van der Waals surface area contributed by atoms with Gasteiger partial charge in [0, 0.05) is 18.8 Å².